The summed E-state index contributed by atoms with van der Waals surface area (Å²) in [7, 11) is 0. The molecule has 0 aliphatic heterocycles. The zero-order valence-electron chi connectivity index (χ0n) is 31.9. The summed E-state index contributed by atoms with van der Waals surface area (Å²) in [5, 5.41) is 0. The molecule has 8 nitrogen and oxygen atoms in total. The van der Waals surface area contributed by atoms with Crippen LogP contribution in [0.25, 0.3) is 0 Å². The molecule has 6 fully saturated rings. The molecule has 0 saturated heterocycles. The second-order valence-corrected chi connectivity index (χ2v) is 18.3. The first-order valence-electron chi connectivity index (χ1n) is 19.9. The smallest absolute Gasteiger partial charge is 0.311 e. The fraction of sp³-hybridized carbons (Fsp3) is 0.911. The van der Waals surface area contributed by atoms with E-state index in [1.165, 1.54) is 0 Å². The second kappa shape index (κ2) is 19.2. The Morgan fingerprint density at radius 3 is 1.30 bits per heavy atom. The molecule has 6 aliphatic rings. The SMILES string of the molecule is C.C.C.C.CCC(C)(C)C(=O)OC1CC2CC(C(=O)OC3(C)CCCC3)C1C2.CCC1(OC(=O)C2CC3CC(OC(=O)C(C)(C)CC)C2C3)CCCC1. The minimum Gasteiger partial charge on any atom is -0.462 e. The van der Waals surface area contributed by atoms with Crippen molar-refractivity contribution in [1.82, 2.24) is 0 Å². The molecule has 8 heteroatoms. The highest BCUT2D eigenvalue weighted by Gasteiger charge is 2.54. The molecule has 53 heavy (non-hydrogen) atoms. The molecular weight excluding hydrogens is 668 g/mol. The minimum absolute atomic E-state index is 0. The Hall–Kier alpha value is -2.12. The summed E-state index contributed by atoms with van der Waals surface area (Å²) in [6.45, 7) is 15.9. The third-order valence-electron chi connectivity index (χ3n) is 14.0. The standard InChI is InChI=1S/C21H34O4.C20H32O4.4CH4/c1-5-20(3,4)19(23)24-17-13-14-11-15(17)16(12-14)18(22)25-21(6-2)9-7-8-10-21;1-5-19(2,3)18(22)23-16-12-13-10-14(16)15(11-13)17(21)24-20(4)8-6-7-9-20;;;;/h14-17H,5-13H2,1-4H3;13-16H,5-12H2,1-4H3;4*1H4. The Morgan fingerprint density at radius 2 is 0.943 bits per heavy atom. The molecule has 0 radical (unpaired) electrons. The van der Waals surface area contributed by atoms with Crippen molar-refractivity contribution >= 4 is 23.9 Å². The van der Waals surface area contributed by atoms with Gasteiger partial charge in [0.15, 0.2) is 0 Å². The van der Waals surface area contributed by atoms with Gasteiger partial charge in [0.2, 0.25) is 0 Å². The van der Waals surface area contributed by atoms with E-state index in [1.807, 2.05) is 41.5 Å². The maximum atomic E-state index is 12.9. The number of fused-ring (bicyclic) bond motifs is 4. The summed E-state index contributed by atoms with van der Waals surface area (Å²) < 4.78 is 23.6. The molecule has 0 heterocycles. The minimum atomic E-state index is -0.450. The molecular formula is C45H82O8. The van der Waals surface area contributed by atoms with Crippen molar-refractivity contribution in [1.29, 1.82) is 0 Å². The molecule has 6 rings (SSSR count). The van der Waals surface area contributed by atoms with Crippen LogP contribution in [0.3, 0.4) is 0 Å². The highest BCUT2D eigenvalue weighted by Crippen LogP contribution is 2.53. The molecule has 8 atom stereocenters. The predicted octanol–water partition coefficient (Wildman–Crippen LogP) is 11.4. The molecule has 310 valence electrons. The third kappa shape index (κ3) is 10.8. The van der Waals surface area contributed by atoms with E-state index in [1.54, 1.807) is 0 Å². The van der Waals surface area contributed by atoms with Crippen LogP contribution < -0.4 is 0 Å². The Balaban J connectivity index is 0.000000493. The number of carbonyl (C=O) groups is 4. The second-order valence-electron chi connectivity index (χ2n) is 18.3. The molecule has 0 aromatic carbocycles. The molecule has 6 saturated carbocycles. The van der Waals surface area contributed by atoms with E-state index >= 15 is 0 Å². The van der Waals surface area contributed by atoms with Crippen LogP contribution in [0.1, 0.15) is 194 Å². The van der Waals surface area contributed by atoms with Crippen LogP contribution in [0, 0.1) is 46.3 Å². The van der Waals surface area contributed by atoms with Crippen molar-refractivity contribution in [3.8, 4) is 0 Å². The van der Waals surface area contributed by atoms with Gasteiger partial charge < -0.3 is 18.9 Å². The topological polar surface area (TPSA) is 105 Å². The van der Waals surface area contributed by atoms with Crippen molar-refractivity contribution < 1.29 is 38.1 Å². The molecule has 0 aromatic rings. The number of ether oxygens (including phenoxy) is 4. The summed E-state index contributed by atoms with van der Waals surface area (Å²) in [4.78, 5) is 50.4. The van der Waals surface area contributed by atoms with Gasteiger partial charge in [0.25, 0.3) is 0 Å². The van der Waals surface area contributed by atoms with Gasteiger partial charge in [-0.15, -0.1) is 0 Å². The van der Waals surface area contributed by atoms with Crippen LogP contribution in [0.4, 0.5) is 0 Å². The first-order valence-corrected chi connectivity index (χ1v) is 19.9. The third-order valence-corrected chi connectivity index (χ3v) is 14.0. The van der Waals surface area contributed by atoms with Crippen molar-refractivity contribution in [2.24, 2.45) is 46.3 Å². The van der Waals surface area contributed by atoms with E-state index in [2.05, 4.69) is 13.8 Å². The maximum Gasteiger partial charge on any atom is 0.311 e. The number of hydrogen-bond donors (Lipinski definition) is 0. The van der Waals surface area contributed by atoms with E-state index in [0.717, 1.165) is 109 Å². The van der Waals surface area contributed by atoms with E-state index in [9.17, 15) is 19.2 Å². The Labute approximate surface area is 325 Å². The monoisotopic (exact) mass is 751 g/mol. The summed E-state index contributed by atoms with van der Waals surface area (Å²) >= 11 is 0. The van der Waals surface area contributed by atoms with Gasteiger partial charge in [-0.25, -0.2) is 0 Å². The summed E-state index contributed by atoms with van der Waals surface area (Å²) in [6.07, 6.45) is 16.4. The van der Waals surface area contributed by atoms with E-state index in [0.29, 0.717) is 11.8 Å². The molecule has 4 bridgehead atoms. The highest BCUT2D eigenvalue weighted by atomic mass is 16.6. The van der Waals surface area contributed by atoms with Gasteiger partial charge in [0.05, 0.1) is 22.7 Å². The van der Waals surface area contributed by atoms with Crippen LogP contribution in [-0.2, 0) is 38.1 Å². The van der Waals surface area contributed by atoms with Crippen molar-refractivity contribution in [2.75, 3.05) is 0 Å². The quantitative estimate of drug-likeness (QED) is 0.152. The number of esters is 4. The highest BCUT2D eigenvalue weighted by molar-refractivity contribution is 5.78. The average molecular weight is 751 g/mol. The summed E-state index contributed by atoms with van der Waals surface area (Å²) in [6, 6.07) is 0. The Bertz CT molecular complexity index is 1210. The summed E-state index contributed by atoms with van der Waals surface area (Å²) in [5.74, 6) is 0.826. The summed E-state index contributed by atoms with van der Waals surface area (Å²) in [5.41, 5.74) is -1.40. The van der Waals surface area contributed by atoms with Gasteiger partial charge in [-0.1, -0.05) is 50.5 Å². The van der Waals surface area contributed by atoms with Crippen LogP contribution in [-0.4, -0.2) is 47.3 Å². The Morgan fingerprint density at radius 1 is 0.566 bits per heavy atom. The maximum absolute atomic E-state index is 12.9. The normalized spacial score (nSPS) is 31.3. The lowest BCUT2D eigenvalue weighted by Gasteiger charge is -2.34. The number of carbonyl (C=O) groups excluding carboxylic acids is 4. The molecule has 6 aliphatic carbocycles. The lowest BCUT2D eigenvalue weighted by molar-refractivity contribution is -0.174. The molecule has 0 N–H and O–H groups in total. The molecule has 8 unspecified atom stereocenters. The molecule has 0 amide bonds. The van der Waals surface area contributed by atoms with Gasteiger partial charge in [0, 0.05) is 11.8 Å². The molecule has 0 aromatic heterocycles. The van der Waals surface area contributed by atoms with Crippen LogP contribution in [0.5, 0.6) is 0 Å². The zero-order chi connectivity index (χ0) is 35.8. The first-order chi connectivity index (χ1) is 23.0. The van der Waals surface area contributed by atoms with Crippen LogP contribution >= 0.6 is 0 Å². The van der Waals surface area contributed by atoms with Crippen LogP contribution in [0.15, 0.2) is 0 Å². The predicted molar refractivity (Wildman–Crippen MR) is 214 cm³/mol. The fourth-order valence-corrected chi connectivity index (χ4v) is 9.65. The zero-order valence-corrected chi connectivity index (χ0v) is 31.9. The Kier molecular flexibility index (Phi) is 17.7. The fourth-order valence-electron chi connectivity index (χ4n) is 9.65. The van der Waals surface area contributed by atoms with Crippen LogP contribution in [0.2, 0.25) is 0 Å². The molecule has 0 spiro atoms. The van der Waals surface area contributed by atoms with Crippen molar-refractivity contribution in [3.05, 3.63) is 0 Å². The number of hydrogen-bond acceptors (Lipinski definition) is 8. The van der Waals surface area contributed by atoms with E-state index < -0.39 is 10.8 Å². The van der Waals surface area contributed by atoms with Crippen molar-refractivity contribution in [2.45, 2.75) is 218 Å². The van der Waals surface area contributed by atoms with Gasteiger partial charge in [-0.05, 0) is 156 Å². The number of rotatable bonds is 11. The van der Waals surface area contributed by atoms with E-state index in [-0.39, 0.29) is 101 Å². The van der Waals surface area contributed by atoms with E-state index in [4.69, 9.17) is 18.9 Å². The average Bonchev–Trinajstić information content (AvgIpc) is 3.92. The first kappa shape index (κ1) is 48.9. The van der Waals surface area contributed by atoms with Crippen molar-refractivity contribution in [3.63, 3.8) is 0 Å². The van der Waals surface area contributed by atoms with Gasteiger partial charge in [-0.3, -0.25) is 19.2 Å². The van der Waals surface area contributed by atoms with Gasteiger partial charge in [-0.2, -0.15) is 0 Å². The largest absolute Gasteiger partial charge is 0.462 e. The van der Waals surface area contributed by atoms with Gasteiger partial charge in [0.1, 0.15) is 23.4 Å². The van der Waals surface area contributed by atoms with Gasteiger partial charge >= 0.3 is 23.9 Å². The lowest BCUT2D eigenvalue weighted by Crippen LogP contribution is -2.40. The lowest BCUT2D eigenvalue weighted by atomic mass is 9.85.